The molecule has 108 valence electrons. The molecule has 0 saturated heterocycles. The molecule has 0 radical (unpaired) electrons. The van der Waals surface area contributed by atoms with E-state index < -0.39 is 10.0 Å². The monoisotopic (exact) mass is 287 g/mol. The molecule has 0 heterocycles. The van der Waals surface area contributed by atoms with Gasteiger partial charge >= 0.3 is 0 Å². The number of primary sulfonamides is 1. The Bertz CT molecular complexity index is 526. The van der Waals surface area contributed by atoms with Gasteiger partial charge < -0.3 is 9.47 Å². The van der Waals surface area contributed by atoms with E-state index in [0.29, 0.717) is 31.1 Å². The van der Waals surface area contributed by atoms with Crippen molar-refractivity contribution in [3.8, 4) is 5.75 Å². The maximum Gasteiger partial charge on any atom is 0.238 e. The van der Waals surface area contributed by atoms with Gasteiger partial charge in [0.1, 0.15) is 12.4 Å². The zero-order valence-corrected chi connectivity index (χ0v) is 12.4. The summed E-state index contributed by atoms with van der Waals surface area (Å²) in [6, 6.07) is 3.22. The molecule has 0 unspecified atom stereocenters. The van der Waals surface area contributed by atoms with Gasteiger partial charge in [-0.15, -0.1) is 0 Å². The van der Waals surface area contributed by atoms with Crippen LogP contribution in [0.15, 0.2) is 17.0 Å². The van der Waals surface area contributed by atoms with Crippen LogP contribution in [0, 0.1) is 13.8 Å². The number of benzene rings is 1. The van der Waals surface area contributed by atoms with Gasteiger partial charge in [0.05, 0.1) is 11.5 Å². The van der Waals surface area contributed by atoms with E-state index in [2.05, 4.69) is 0 Å². The molecule has 0 saturated carbocycles. The fourth-order valence-electron chi connectivity index (χ4n) is 1.68. The molecule has 0 amide bonds. The summed E-state index contributed by atoms with van der Waals surface area (Å²) >= 11 is 0. The summed E-state index contributed by atoms with van der Waals surface area (Å²) in [6.07, 6.45) is 0.973. The van der Waals surface area contributed by atoms with Gasteiger partial charge in [-0.05, 0) is 43.5 Å². The molecule has 2 N–H and O–H groups in total. The first-order chi connectivity index (χ1) is 8.86. The SMILES string of the molecule is CCCOCCOc1cc(C)c(S(N)(=O)=O)cc1C. The van der Waals surface area contributed by atoms with E-state index in [1.807, 2.05) is 6.92 Å². The molecule has 0 aliphatic rings. The van der Waals surface area contributed by atoms with Gasteiger partial charge in [-0.1, -0.05) is 6.92 Å². The Balaban J connectivity index is 2.74. The molecule has 0 aliphatic carbocycles. The summed E-state index contributed by atoms with van der Waals surface area (Å²) in [6.45, 7) is 7.19. The lowest BCUT2D eigenvalue weighted by Gasteiger charge is -2.12. The fourth-order valence-corrected chi connectivity index (χ4v) is 2.53. The third kappa shape index (κ3) is 4.81. The maximum atomic E-state index is 11.4. The van der Waals surface area contributed by atoms with Crippen LogP contribution >= 0.6 is 0 Å². The second-order valence-corrected chi connectivity index (χ2v) is 5.92. The second-order valence-electron chi connectivity index (χ2n) is 4.39. The number of aryl methyl sites for hydroxylation is 2. The van der Waals surface area contributed by atoms with Crippen molar-refractivity contribution in [2.24, 2.45) is 5.14 Å². The zero-order chi connectivity index (χ0) is 14.5. The smallest absolute Gasteiger partial charge is 0.238 e. The van der Waals surface area contributed by atoms with E-state index in [9.17, 15) is 8.42 Å². The summed E-state index contributed by atoms with van der Waals surface area (Å²) in [7, 11) is -3.69. The van der Waals surface area contributed by atoms with E-state index >= 15 is 0 Å². The molecular weight excluding hydrogens is 266 g/mol. The Hall–Kier alpha value is -1.11. The highest BCUT2D eigenvalue weighted by Gasteiger charge is 2.14. The number of nitrogens with two attached hydrogens (primary N) is 1. The van der Waals surface area contributed by atoms with Crippen LogP contribution in [0.3, 0.4) is 0 Å². The van der Waals surface area contributed by atoms with Crippen LogP contribution in [-0.2, 0) is 14.8 Å². The molecule has 0 spiro atoms. The summed E-state index contributed by atoms with van der Waals surface area (Å²) in [5.74, 6) is 0.657. The average molecular weight is 287 g/mol. The molecule has 5 nitrogen and oxygen atoms in total. The first kappa shape index (κ1) is 15.9. The van der Waals surface area contributed by atoms with Crippen molar-refractivity contribution < 1.29 is 17.9 Å². The number of ether oxygens (including phenoxy) is 2. The molecule has 0 aromatic heterocycles. The fraction of sp³-hybridized carbons (Fsp3) is 0.538. The summed E-state index contributed by atoms with van der Waals surface area (Å²) < 4.78 is 33.6. The van der Waals surface area contributed by atoms with Crippen LogP contribution in [0.4, 0.5) is 0 Å². The largest absolute Gasteiger partial charge is 0.491 e. The normalized spacial score (nSPS) is 11.6. The van der Waals surface area contributed by atoms with Crippen molar-refractivity contribution in [1.82, 2.24) is 0 Å². The Morgan fingerprint density at radius 2 is 1.79 bits per heavy atom. The van der Waals surface area contributed by atoms with Crippen LogP contribution in [0.1, 0.15) is 24.5 Å². The Morgan fingerprint density at radius 3 is 2.37 bits per heavy atom. The van der Waals surface area contributed by atoms with E-state index in [1.165, 1.54) is 6.07 Å². The van der Waals surface area contributed by atoms with Gasteiger partial charge in [0.15, 0.2) is 0 Å². The molecule has 1 rings (SSSR count). The first-order valence-corrected chi connectivity index (χ1v) is 7.75. The van der Waals surface area contributed by atoms with Crippen molar-refractivity contribution in [3.63, 3.8) is 0 Å². The number of sulfonamides is 1. The van der Waals surface area contributed by atoms with Crippen molar-refractivity contribution >= 4 is 10.0 Å². The topological polar surface area (TPSA) is 78.6 Å². The van der Waals surface area contributed by atoms with Gasteiger partial charge in [-0.3, -0.25) is 0 Å². The molecule has 6 heteroatoms. The Labute approximate surface area is 114 Å². The van der Waals surface area contributed by atoms with Crippen LogP contribution in [0.2, 0.25) is 0 Å². The minimum Gasteiger partial charge on any atom is -0.491 e. The van der Waals surface area contributed by atoms with Gasteiger partial charge in [-0.25, -0.2) is 13.6 Å². The molecule has 19 heavy (non-hydrogen) atoms. The minimum atomic E-state index is -3.69. The van der Waals surface area contributed by atoms with Gasteiger partial charge in [0.2, 0.25) is 10.0 Å². The lowest BCUT2D eigenvalue weighted by atomic mass is 10.1. The average Bonchev–Trinajstić information content (AvgIpc) is 2.31. The lowest BCUT2D eigenvalue weighted by Crippen LogP contribution is -2.14. The second kappa shape index (κ2) is 6.88. The summed E-state index contributed by atoms with van der Waals surface area (Å²) in [5, 5.41) is 5.14. The Morgan fingerprint density at radius 1 is 1.11 bits per heavy atom. The van der Waals surface area contributed by atoms with Crippen LogP contribution in [-0.4, -0.2) is 28.2 Å². The highest BCUT2D eigenvalue weighted by Crippen LogP contribution is 2.25. The molecule has 1 aromatic rings. The maximum absolute atomic E-state index is 11.4. The predicted molar refractivity (Wildman–Crippen MR) is 73.9 cm³/mol. The molecule has 0 bridgehead atoms. The molecule has 0 aliphatic heterocycles. The third-order valence-electron chi connectivity index (χ3n) is 2.61. The first-order valence-electron chi connectivity index (χ1n) is 6.21. The number of rotatable bonds is 7. The molecule has 0 atom stereocenters. The van der Waals surface area contributed by atoms with Gasteiger partial charge in [0.25, 0.3) is 0 Å². The van der Waals surface area contributed by atoms with E-state index in [0.717, 1.165) is 12.0 Å². The minimum absolute atomic E-state index is 0.139. The van der Waals surface area contributed by atoms with Gasteiger partial charge in [0, 0.05) is 6.61 Å². The summed E-state index contributed by atoms with van der Waals surface area (Å²) in [4.78, 5) is 0.139. The van der Waals surface area contributed by atoms with Crippen molar-refractivity contribution in [3.05, 3.63) is 23.3 Å². The molecule has 1 aromatic carbocycles. The molecule has 0 fully saturated rings. The standard InChI is InChI=1S/C13H21NO4S/c1-4-5-17-6-7-18-12-8-11(3)13(9-10(12)2)19(14,15)16/h8-9H,4-7H2,1-3H3,(H2,14,15,16). The predicted octanol–water partition coefficient (Wildman–Crippen LogP) is 1.76. The van der Waals surface area contributed by atoms with Crippen molar-refractivity contribution in [2.75, 3.05) is 19.8 Å². The third-order valence-corrected chi connectivity index (χ3v) is 3.67. The van der Waals surface area contributed by atoms with Crippen molar-refractivity contribution in [2.45, 2.75) is 32.1 Å². The van der Waals surface area contributed by atoms with E-state index in [-0.39, 0.29) is 4.90 Å². The molecular formula is C13H21NO4S. The van der Waals surface area contributed by atoms with E-state index in [1.54, 1.807) is 19.9 Å². The highest BCUT2D eigenvalue weighted by molar-refractivity contribution is 7.89. The Kier molecular flexibility index (Phi) is 5.78. The van der Waals surface area contributed by atoms with Crippen molar-refractivity contribution in [1.29, 1.82) is 0 Å². The van der Waals surface area contributed by atoms with E-state index in [4.69, 9.17) is 14.6 Å². The number of hydrogen-bond acceptors (Lipinski definition) is 4. The van der Waals surface area contributed by atoms with Crippen LogP contribution < -0.4 is 9.88 Å². The highest BCUT2D eigenvalue weighted by atomic mass is 32.2. The van der Waals surface area contributed by atoms with Crippen LogP contribution in [0.5, 0.6) is 5.75 Å². The van der Waals surface area contributed by atoms with Gasteiger partial charge in [-0.2, -0.15) is 0 Å². The summed E-state index contributed by atoms with van der Waals surface area (Å²) in [5.41, 5.74) is 1.32. The lowest BCUT2D eigenvalue weighted by molar-refractivity contribution is 0.100. The van der Waals surface area contributed by atoms with Crippen LogP contribution in [0.25, 0.3) is 0 Å². The zero-order valence-electron chi connectivity index (χ0n) is 11.6. The quantitative estimate of drug-likeness (QED) is 0.775. The number of hydrogen-bond donors (Lipinski definition) is 1.